The van der Waals surface area contributed by atoms with Crippen LogP contribution in [0.5, 0.6) is 0 Å². The van der Waals surface area contributed by atoms with Crippen molar-refractivity contribution < 1.29 is 19.5 Å². The van der Waals surface area contributed by atoms with E-state index in [1.807, 2.05) is 0 Å². The minimum absolute atomic E-state index is 0.0399. The molecule has 2 aromatic rings. The van der Waals surface area contributed by atoms with Gasteiger partial charge in [0.15, 0.2) is 0 Å². The van der Waals surface area contributed by atoms with Crippen molar-refractivity contribution in [3.05, 3.63) is 60.7 Å². The van der Waals surface area contributed by atoms with E-state index in [1.54, 1.807) is 12.8 Å². The average molecular weight is 912 g/mol. The zero-order chi connectivity index (χ0) is 35.6. The molecule has 30 heterocycles. The quantitative estimate of drug-likeness (QED) is 0.173. The molecule has 32 rings (SSSR count). The van der Waals surface area contributed by atoms with Crippen LogP contribution in [-0.4, -0.2) is 63.1 Å². The molecule has 30 fully saturated rings. The Morgan fingerprint density at radius 1 is 0.421 bits per heavy atom. The Morgan fingerprint density at radius 2 is 0.754 bits per heavy atom. The monoisotopic (exact) mass is 912 g/mol. The zero-order valence-electron chi connectivity index (χ0n) is 33.7. The van der Waals surface area contributed by atoms with Gasteiger partial charge >= 0.3 is 311 Å². The van der Waals surface area contributed by atoms with Crippen LogP contribution in [0.4, 0.5) is 0 Å². The number of hydrogen-bond acceptors (Lipinski definition) is 2. The molecule has 2 aromatic carbocycles. The first-order chi connectivity index (χ1) is 27.1. The van der Waals surface area contributed by atoms with Crippen LogP contribution in [-0.2, 0) is 19.5 Å². The van der Waals surface area contributed by atoms with Crippen LogP contribution in [0.25, 0.3) is 0 Å². The molecule has 0 aromatic heterocycles. The SMILES string of the molecule is CC[C]12[C]3(N(C)C)[CH]4[CH]5[C]1(P(c1ccccc1)[C]16[CH]7[CH]8[CH]9[C]1(P(c1ccccc1)[C]1%10[CH]%11[CH]%12[C]%13(N(C)C)[C]1(CC)[Fe]%12%11%13%101%14%15%16[CH]%10[CH]1[CH]%14[CH]%15[CH]%10%16)[Fe]87961%10%11%12[CH]6[CH]1[CH]%10[CH]%11[CH]6%12)[Fe]45321678[CH]2[CH]1[CH]6[CH]7[CH]28. The van der Waals surface area contributed by atoms with Gasteiger partial charge in [-0.05, 0) is 0 Å². The number of fused-ring (bicyclic) bond motifs is 30. The number of rotatable bonds is 10. The van der Waals surface area contributed by atoms with Crippen molar-refractivity contribution in [2.24, 2.45) is 0 Å². The maximum atomic E-state index is 3.17. The van der Waals surface area contributed by atoms with Gasteiger partial charge in [0.1, 0.15) is 0 Å². The van der Waals surface area contributed by atoms with E-state index in [-0.39, 0.29) is 15.8 Å². The third-order valence-corrected chi connectivity index (χ3v) is 205. The van der Waals surface area contributed by atoms with Gasteiger partial charge in [0.25, 0.3) is 0 Å². The third kappa shape index (κ3) is 0.283. The number of benzene rings is 2. The molecule has 0 N–H and O–H groups in total. The first-order valence-corrected chi connectivity index (χ1v) is 45.9. The second-order valence-corrected chi connectivity index (χ2v) is 111. The van der Waals surface area contributed by atoms with Gasteiger partial charge in [0.05, 0.1) is 0 Å². The van der Waals surface area contributed by atoms with E-state index in [0.29, 0.717) is 0 Å². The Hall–Kier alpha value is 0.778. The number of hydrogen-bond donors (Lipinski definition) is 0. The van der Waals surface area contributed by atoms with Crippen LogP contribution in [0.15, 0.2) is 60.7 Å². The Morgan fingerprint density at radius 3 is 0.982 bits per heavy atom. The van der Waals surface area contributed by atoms with E-state index >= 15 is 0 Å². The Labute approximate surface area is 308 Å². The first kappa shape index (κ1) is 23.6. The van der Waals surface area contributed by atoms with Crippen molar-refractivity contribution in [2.75, 3.05) is 28.2 Å². The third-order valence-electron chi connectivity index (χ3n) is 50.7. The Balaban J connectivity index is 0.820. The summed E-state index contributed by atoms with van der Waals surface area (Å²) in [5, 5.41) is 4.30. The second-order valence-electron chi connectivity index (χ2n) is 35.3. The Kier molecular flexibility index (Phi) is 0.936. The molecule has 30 saturated heterocycles. The summed E-state index contributed by atoms with van der Waals surface area (Å²) in [7, 11) is 10.8. The van der Waals surface area contributed by atoms with Gasteiger partial charge in [-0.2, -0.15) is 0 Å². The molecule has 2 nitrogen and oxygen atoms in total. The molecular weight excluding hydrogens is 858 g/mol. The van der Waals surface area contributed by atoms with Gasteiger partial charge in [-0.3, -0.25) is 0 Å². The van der Waals surface area contributed by atoms with E-state index in [9.17, 15) is 0 Å². The molecule has 16 unspecified atom stereocenters. The molecule has 298 valence electrons. The summed E-state index contributed by atoms with van der Waals surface area (Å²) in [4.78, 5) is 37.6. The van der Waals surface area contributed by atoms with Crippen LogP contribution < -0.4 is 10.6 Å². The summed E-state index contributed by atoms with van der Waals surface area (Å²) in [6.07, 6.45) is 3.34. The summed E-state index contributed by atoms with van der Waals surface area (Å²) in [5.74, 6) is 0. The molecule has 30 aliphatic rings. The van der Waals surface area contributed by atoms with E-state index in [1.165, 1.54) is 106 Å². The van der Waals surface area contributed by atoms with Crippen molar-refractivity contribution in [2.45, 2.75) is 166 Å². The van der Waals surface area contributed by atoms with E-state index in [2.05, 4.69) is 123 Å². The molecule has 0 saturated carbocycles. The van der Waals surface area contributed by atoms with E-state index in [0.717, 1.165) is 33.7 Å². The van der Waals surface area contributed by atoms with E-state index in [4.69, 9.17) is 0 Å². The molecule has 16 atom stereocenters. The topological polar surface area (TPSA) is 6.48 Å². The van der Waals surface area contributed by atoms with Crippen LogP contribution in [0, 0.1) is 0 Å². The van der Waals surface area contributed by atoms with Crippen LogP contribution in [0.1, 0.15) is 26.7 Å². The summed E-state index contributed by atoms with van der Waals surface area (Å²) in [5.41, 5.74) is 0. The summed E-state index contributed by atoms with van der Waals surface area (Å²) >= 11 is 0. The molecule has 30 aliphatic heterocycles. The van der Waals surface area contributed by atoms with Crippen molar-refractivity contribution in [1.29, 1.82) is 0 Å². The maximum absolute atomic E-state index is 4.10. The Bertz CT molecular complexity index is 4220. The van der Waals surface area contributed by atoms with Gasteiger partial charge in [-0.25, -0.2) is 0 Å². The molecule has 0 amide bonds. The van der Waals surface area contributed by atoms with Gasteiger partial charge in [-0.1, -0.05) is 0 Å². The van der Waals surface area contributed by atoms with Crippen LogP contribution in [0.2, 0.25) is 115 Å². The summed E-state index contributed by atoms with van der Waals surface area (Å²) in [6.45, 7) is -6.33. The van der Waals surface area contributed by atoms with Gasteiger partial charge in [-0.15, -0.1) is 0 Å². The predicted molar refractivity (Wildman–Crippen MR) is 218 cm³/mol. The number of nitrogens with zero attached hydrogens (tertiary/aromatic N) is 2. The van der Waals surface area contributed by atoms with Crippen molar-refractivity contribution in [3.8, 4) is 0 Å². The fraction of sp³-hybridized carbons (Fsp3) is 0.760. The first-order valence-electron chi connectivity index (χ1n) is 24.7. The van der Waals surface area contributed by atoms with Crippen molar-refractivity contribution in [3.63, 3.8) is 0 Å². The van der Waals surface area contributed by atoms with Crippen molar-refractivity contribution in [1.82, 2.24) is 9.80 Å². The fourth-order valence-electron chi connectivity index (χ4n) is 60.3. The van der Waals surface area contributed by atoms with Gasteiger partial charge < -0.3 is 0 Å². The standard InChI is InChI=1S/C35H39N2P2.3C5H5.3Fe/c1-7-28-30(36(3)4)22-24-32(28)38(26-16-11-9-12-17-26)34-20-15-21-35(34)39(27-18-13-10-14-19-27)33-25-23-31(37(5)6)29(33)8-2;3*1-2-4-5-3-1;;;/h9-25H,7-8H2,1-6H3;3*1-5H;;;. The molecule has 0 bridgehead atoms. The summed E-state index contributed by atoms with van der Waals surface area (Å²) in [6, 6.07) is 27.5. The molecule has 7 heteroatoms. The normalized spacial score (nSPS) is 116. The van der Waals surface area contributed by atoms with E-state index < -0.39 is 19.5 Å². The van der Waals surface area contributed by atoms with Gasteiger partial charge in [0, 0.05) is 0 Å². The molecule has 3 spiro atoms. The average Bonchev–Trinajstić information content (AvgIpc) is 3.90. The van der Waals surface area contributed by atoms with Crippen LogP contribution >= 0.6 is 15.8 Å². The molecular formula is C50H54Fe3N2P2. The zero-order valence-corrected chi connectivity index (χ0v) is 38.8. The van der Waals surface area contributed by atoms with Crippen molar-refractivity contribution >= 4 is 26.5 Å². The fourth-order valence-corrected chi connectivity index (χ4v) is 351. The minimum atomic E-state index is -4.10. The predicted octanol–water partition coefficient (Wildman–Crippen LogP) is 11.9. The molecule has 0 radical (unpaired) electrons. The summed E-state index contributed by atoms with van der Waals surface area (Å²) < 4.78 is 7.52. The van der Waals surface area contributed by atoms with Crippen LogP contribution in [0.3, 0.4) is 0 Å². The molecule has 57 heavy (non-hydrogen) atoms. The second kappa shape index (κ2) is 2.26. The van der Waals surface area contributed by atoms with Gasteiger partial charge in [0.2, 0.25) is 0 Å². The molecule has 0 aliphatic carbocycles.